The second-order valence-corrected chi connectivity index (χ2v) is 5.87. The zero-order valence-corrected chi connectivity index (χ0v) is 15.4. The quantitative estimate of drug-likeness (QED) is 0.466. The number of amides is 2. The SMILES string of the molecule is CNC(=O)COc1cccc(NC(=O)c2ccn(-c3cccc([N+](=O)[O-])c3)n2)c1. The third-order valence-electron chi connectivity index (χ3n) is 3.87. The number of nitro groups is 1. The van der Waals surface area contributed by atoms with Crippen molar-refractivity contribution < 1.29 is 19.2 Å². The number of carbonyl (C=O) groups excluding carboxylic acids is 2. The van der Waals surface area contributed by atoms with Crippen LogP contribution in [0.4, 0.5) is 11.4 Å². The Bertz CT molecular complexity index is 1060. The largest absolute Gasteiger partial charge is 0.484 e. The fourth-order valence-electron chi connectivity index (χ4n) is 2.42. The molecule has 0 aliphatic heterocycles. The second-order valence-electron chi connectivity index (χ2n) is 5.87. The average Bonchev–Trinajstić information content (AvgIpc) is 3.23. The maximum Gasteiger partial charge on any atom is 0.276 e. The first-order valence-corrected chi connectivity index (χ1v) is 8.51. The van der Waals surface area contributed by atoms with Crippen LogP contribution in [0, 0.1) is 10.1 Å². The monoisotopic (exact) mass is 395 g/mol. The lowest BCUT2D eigenvalue weighted by molar-refractivity contribution is -0.384. The van der Waals surface area contributed by atoms with Crippen LogP contribution in [0.1, 0.15) is 10.5 Å². The zero-order valence-electron chi connectivity index (χ0n) is 15.4. The summed E-state index contributed by atoms with van der Waals surface area (Å²) in [5.74, 6) is -0.308. The zero-order chi connectivity index (χ0) is 20.8. The molecule has 10 nitrogen and oxygen atoms in total. The smallest absolute Gasteiger partial charge is 0.276 e. The highest BCUT2D eigenvalue weighted by Gasteiger charge is 2.13. The number of carbonyl (C=O) groups is 2. The molecule has 1 aromatic heterocycles. The molecule has 29 heavy (non-hydrogen) atoms. The van der Waals surface area contributed by atoms with Crippen LogP contribution in [-0.4, -0.2) is 40.2 Å². The third-order valence-corrected chi connectivity index (χ3v) is 3.87. The summed E-state index contributed by atoms with van der Waals surface area (Å²) in [5.41, 5.74) is 0.989. The molecule has 0 atom stereocenters. The molecule has 0 saturated carbocycles. The minimum absolute atomic E-state index is 0.0717. The number of rotatable bonds is 7. The van der Waals surface area contributed by atoms with Crippen molar-refractivity contribution in [3.8, 4) is 11.4 Å². The van der Waals surface area contributed by atoms with Gasteiger partial charge >= 0.3 is 0 Å². The van der Waals surface area contributed by atoms with E-state index in [1.807, 2.05) is 0 Å². The van der Waals surface area contributed by atoms with E-state index < -0.39 is 10.8 Å². The summed E-state index contributed by atoms with van der Waals surface area (Å²) in [6, 6.07) is 14.0. The summed E-state index contributed by atoms with van der Waals surface area (Å²) >= 11 is 0. The first-order valence-electron chi connectivity index (χ1n) is 8.51. The highest BCUT2D eigenvalue weighted by molar-refractivity contribution is 6.02. The van der Waals surface area contributed by atoms with E-state index in [1.54, 1.807) is 36.4 Å². The number of hydrogen-bond acceptors (Lipinski definition) is 6. The number of likely N-dealkylation sites (N-methyl/N-ethyl adjacent to an activating group) is 1. The van der Waals surface area contributed by atoms with E-state index in [-0.39, 0.29) is 23.9 Å². The molecule has 10 heteroatoms. The van der Waals surface area contributed by atoms with Crippen molar-refractivity contribution in [2.24, 2.45) is 0 Å². The van der Waals surface area contributed by atoms with Gasteiger partial charge < -0.3 is 15.4 Å². The Morgan fingerprint density at radius 1 is 1.17 bits per heavy atom. The molecule has 0 bridgehead atoms. The Labute approximate surface area is 165 Å². The van der Waals surface area contributed by atoms with Crippen molar-refractivity contribution in [3.05, 3.63) is 76.6 Å². The van der Waals surface area contributed by atoms with Gasteiger partial charge in [-0.3, -0.25) is 19.7 Å². The summed E-state index contributed by atoms with van der Waals surface area (Å²) in [6.45, 7) is -0.137. The molecule has 0 spiro atoms. The highest BCUT2D eigenvalue weighted by Crippen LogP contribution is 2.19. The van der Waals surface area contributed by atoms with Gasteiger partial charge in [0.1, 0.15) is 5.75 Å². The Morgan fingerprint density at radius 2 is 1.97 bits per heavy atom. The van der Waals surface area contributed by atoms with Crippen molar-refractivity contribution in [2.45, 2.75) is 0 Å². The number of benzene rings is 2. The molecule has 0 radical (unpaired) electrons. The molecule has 1 heterocycles. The number of nitrogens with zero attached hydrogens (tertiary/aromatic N) is 3. The van der Waals surface area contributed by atoms with E-state index in [0.717, 1.165) is 0 Å². The van der Waals surface area contributed by atoms with Crippen molar-refractivity contribution >= 4 is 23.2 Å². The van der Waals surface area contributed by atoms with Crippen molar-refractivity contribution in [1.82, 2.24) is 15.1 Å². The maximum absolute atomic E-state index is 12.5. The van der Waals surface area contributed by atoms with Crippen molar-refractivity contribution in [2.75, 3.05) is 19.0 Å². The van der Waals surface area contributed by atoms with Gasteiger partial charge in [0.05, 0.1) is 10.6 Å². The molecule has 3 rings (SSSR count). The lowest BCUT2D eigenvalue weighted by atomic mass is 10.3. The number of anilines is 1. The van der Waals surface area contributed by atoms with Gasteiger partial charge in [-0.2, -0.15) is 5.10 Å². The molecule has 0 aliphatic carbocycles. The van der Waals surface area contributed by atoms with E-state index in [2.05, 4.69) is 15.7 Å². The van der Waals surface area contributed by atoms with Crippen LogP contribution in [0.3, 0.4) is 0 Å². The third kappa shape index (κ3) is 4.95. The normalized spacial score (nSPS) is 10.2. The number of nitro benzene ring substituents is 1. The number of aromatic nitrogens is 2. The number of ether oxygens (including phenoxy) is 1. The molecule has 3 aromatic rings. The molecule has 0 fully saturated rings. The van der Waals surface area contributed by atoms with Gasteiger partial charge in [-0.25, -0.2) is 4.68 Å². The Hall–Kier alpha value is -4.21. The first-order chi connectivity index (χ1) is 14.0. The van der Waals surface area contributed by atoms with E-state index >= 15 is 0 Å². The topological polar surface area (TPSA) is 128 Å². The van der Waals surface area contributed by atoms with Gasteiger partial charge in [-0.15, -0.1) is 0 Å². The summed E-state index contributed by atoms with van der Waals surface area (Å²) in [4.78, 5) is 34.1. The summed E-state index contributed by atoms with van der Waals surface area (Å²) < 4.78 is 6.72. The molecule has 0 saturated heterocycles. The predicted molar refractivity (Wildman–Crippen MR) is 104 cm³/mol. The van der Waals surface area contributed by atoms with Crippen LogP contribution >= 0.6 is 0 Å². The van der Waals surface area contributed by atoms with Gasteiger partial charge in [0.2, 0.25) is 0 Å². The second kappa shape index (κ2) is 8.65. The van der Waals surface area contributed by atoms with E-state index in [4.69, 9.17) is 4.74 Å². The molecule has 0 aliphatic rings. The van der Waals surface area contributed by atoms with Gasteiger partial charge in [-0.1, -0.05) is 12.1 Å². The van der Waals surface area contributed by atoms with Crippen LogP contribution in [-0.2, 0) is 4.79 Å². The van der Waals surface area contributed by atoms with Crippen LogP contribution in [0.2, 0.25) is 0 Å². The first kappa shape index (κ1) is 19.5. The van der Waals surface area contributed by atoms with Crippen LogP contribution < -0.4 is 15.4 Å². The lowest BCUT2D eigenvalue weighted by Crippen LogP contribution is -2.24. The Morgan fingerprint density at radius 3 is 2.72 bits per heavy atom. The number of nitrogens with one attached hydrogen (secondary N) is 2. The fourth-order valence-corrected chi connectivity index (χ4v) is 2.42. The van der Waals surface area contributed by atoms with Crippen molar-refractivity contribution in [1.29, 1.82) is 0 Å². The molecule has 2 amide bonds. The van der Waals surface area contributed by atoms with Gasteiger partial charge in [0.15, 0.2) is 12.3 Å². The van der Waals surface area contributed by atoms with Crippen LogP contribution in [0.25, 0.3) is 5.69 Å². The summed E-state index contributed by atoms with van der Waals surface area (Å²) in [5, 5.41) is 20.2. The summed E-state index contributed by atoms with van der Waals surface area (Å²) in [6.07, 6.45) is 1.54. The molecule has 148 valence electrons. The lowest BCUT2D eigenvalue weighted by Gasteiger charge is -2.08. The predicted octanol–water partition coefficient (Wildman–Crippen LogP) is 2.16. The maximum atomic E-state index is 12.5. The van der Waals surface area contributed by atoms with Crippen molar-refractivity contribution in [3.63, 3.8) is 0 Å². The molecule has 0 unspecified atom stereocenters. The standard InChI is InChI=1S/C19H17N5O5/c1-20-18(25)12-29-16-7-2-4-13(10-16)21-19(26)17-8-9-23(22-17)14-5-3-6-15(11-14)24(27)28/h2-11H,12H2,1H3,(H,20,25)(H,21,26). The summed E-state index contributed by atoms with van der Waals surface area (Å²) in [7, 11) is 1.51. The van der Waals surface area contributed by atoms with E-state index in [0.29, 0.717) is 17.1 Å². The fraction of sp³-hybridized carbons (Fsp3) is 0.105. The minimum Gasteiger partial charge on any atom is -0.484 e. The van der Waals surface area contributed by atoms with Crippen LogP contribution in [0.5, 0.6) is 5.75 Å². The molecular weight excluding hydrogens is 378 g/mol. The van der Waals surface area contributed by atoms with Gasteiger partial charge in [0.25, 0.3) is 17.5 Å². The highest BCUT2D eigenvalue weighted by atomic mass is 16.6. The minimum atomic E-state index is -0.500. The number of non-ortho nitro benzene ring substituents is 1. The average molecular weight is 395 g/mol. The van der Waals surface area contributed by atoms with Gasteiger partial charge in [-0.05, 0) is 24.3 Å². The molecule has 2 aromatic carbocycles. The van der Waals surface area contributed by atoms with Gasteiger partial charge in [0, 0.05) is 37.1 Å². The van der Waals surface area contributed by atoms with E-state index in [1.165, 1.54) is 36.1 Å². The number of hydrogen-bond donors (Lipinski definition) is 2. The molecule has 2 N–H and O–H groups in total. The van der Waals surface area contributed by atoms with E-state index in [9.17, 15) is 19.7 Å². The van der Waals surface area contributed by atoms with Crippen LogP contribution in [0.15, 0.2) is 60.8 Å². The Kier molecular flexibility index (Phi) is 5.83. The molecular formula is C19H17N5O5. The Balaban J connectivity index is 1.70.